The summed E-state index contributed by atoms with van der Waals surface area (Å²) in [6.07, 6.45) is 8.57. The summed E-state index contributed by atoms with van der Waals surface area (Å²) in [5.41, 5.74) is 0.494. The lowest BCUT2D eigenvalue weighted by atomic mass is 9.73. The molecule has 19 heavy (non-hydrogen) atoms. The predicted octanol–water partition coefficient (Wildman–Crippen LogP) is 3.57. The van der Waals surface area contributed by atoms with E-state index in [1.165, 1.54) is 38.5 Å². The minimum Gasteiger partial charge on any atom is -0.338 e. The van der Waals surface area contributed by atoms with Crippen LogP contribution in [0.25, 0.3) is 0 Å². The smallest absolute Gasteiger partial charge is 0.243 e. The minimum absolute atomic E-state index is 0.287. The van der Waals surface area contributed by atoms with E-state index in [0.29, 0.717) is 11.3 Å². The first kappa shape index (κ1) is 13.1. The van der Waals surface area contributed by atoms with Crippen molar-refractivity contribution in [3.05, 3.63) is 11.7 Å². The van der Waals surface area contributed by atoms with E-state index in [2.05, 4.69) is 29.3 Å². The van der Waals surface area contributed by atoms with Crippen molar-refractivity contribution in [3.8, 4) is 0 Å². The molecule has 1 aliphatic heterocycles. The third-order valence-corrected chi connectivity index (χ3v) is 4.77. The van der Waals surface area contributed by atoms with E-state index in [1.807, 2.05) is 0 Å². The van der Waals surface area contributed by atoms with Crippen molar-refractivity contribution in [1.82, 2.24) is 15.5 Å². The first-order valence-electron chi connectivity index (χ1n) is 7.71. The third-order valence-electron chi connectivity index (χ3n) is 4.77. The Bertz CT molecular complexity index is 411. The molecule has 0 radical (unpaired) electrons. The van der Waals surface area contributed by atoms with E-state index < -0.39 is 0 Å². The Labute approximate surface area is 115 Å². The number of aromatic nitrogens is 2. The minimum atomic E-state index is 0.287. The highest BCUT2D eigenvalue weighted by molar-refractivity contribution is 5.01. The fourth-order valence-electron chi connectivity index (χ4n) is 3.27. The molecular formula is C15H25N3O. The van der Waals surface area contributed by atoms with Crippen LogP contribution in [0, 0.1) is 5.41 Å². The highest BCUT2D eigenvalue weighted by Gasteiger charge is 2.31. The van der Waals surface area contributed by atoms with Gasteiger partial charge in [0.1, 0.15) is 0 Å². The molecule has 1 N–H and O–H groups in total. The van der Waals surface area contributed by atoms with E-state index in [-0.39, 0.29) is 6.04 Å². The Hall–Kier alpha value is -0.900. The number of hydrogen-bond acceptors (Lipinski definition) is 4. The molecule has 1 aromatic heterocycles. The van der Waals surface area contributed by atoms with Crippen molar-refractivity contribution >= 4 is 0 Å². The van der Waals surface area contributed by atoms with Crippen molar-refractivity contribution in [3.63, 3.8) is 0 Å². The third kappa shape index (κ3) is 2.99. The lowest BCUT2D eigenvalue weighted by Crippen LogP contribution is -2.27. The van der Waals surface area contributed by atoms with Gasteiger partial charge in [-0.2, -0.15) is 4.98 Å². The molecule has 4 heteroatoms. The largest absolute Gasteiger partial charge is 0.338 e. The monoisotopic (exact) mass is 263 g/mol. The molecule has 2 heterocycles. The molecule has 2 aliphatic rings. The van der Waals surface area contributed by atoms with Gasteiger partial charge in [-0.05, 0) is 50.5 Å². The zero-order valence-corrected chi connectivity index (χ0v) is 12.1. The quantitative estimate of drug-likeness (QED) is 0.886. The van der Waals surface area contributed by atoms with Crippen molar-refractivity contribution in [2.45, 2.75) is 70.8 Å². The van der Waals surface area contributed by atoms with Crippen molar-refractivity contribution < 1.29 is 4.52 Å². The van der Waals surface area contributed by atoms with E-state index in [4.69, 9.17) is 4.52 Å². The summed E-state index contributed by atoms with van der Waals surface area (Å²) in [6.45, 7) is 5.79. The van der Waals surface area contributed by atoms with Crippen LogP contribution in [0.2, 0.25) is 0 Å². The number of hydrogen-bond donors (Lipinski definition) is 1. The topological polar surface area (TPSA) is 51.0 Å². The van der Waals surface area contributed by atoms with Gasteiger partial charge in [-0.1, -0.05) is 25.4 Å². The van der Waals surface area contributed by atoms with Crippen LogP contribution in [0.4, 0.5) is 0 Å². The normalized spacial score (nSPS) is 28.4. The number of piperidine rings is 1. The molecule has 1 aromatic rings. The molecule has 1 saturated heterocycles. The summed E-state index contributed by atoms with van der Waals surface area (Å²) >= 11 is 0. The van der Waals surface area contributed by atoms with Gasteiger partial charge in [-0.25, -0.2) is 0 Å². The van der Waals surface area contributed by atoms with Gasteiger partial charge in [0.15, 0.2) is 5.82 Å². The van der Waals surface area contributed by atoms with Crippen LogP contribution in [0.5, 0.6) is 0 Å². The van der Waals surface area contributed by atoms with Crippen LogP contribution in [0.1, 0.15) is 82.5 Å². The predicted molar refractivity (Wildman–Crippen MR) is 73.9 cm³/mol. The van der Waals surface area contributed by atoms with Crippen LogP contribution < -0.4 is 5.32 Å². The maximum Gasteiger partial charge on any atom is 0.243 e. The second kappa shape index (κ2) is 5.23. The SMILES string of the molecule is CC1(C)CCC(c2noc(C3CCCCN3)n2)CC1. The standard InChI is InChI=1S/C15H25N3O/c1-15(2)8-6-11(7-9-15)13-17-14(19-18-13)12-5-3-4-10-16-12/h11-12,16H,3-10H2,1-2H3. The summed E-state index contributed by atoms with van der Waals surface area (Å²) in [6, 6.07) is 0.287. The summed E-state index contributed by atoms with van der Waals surface area (Å²) in [7, 11) is 0. The van der Waals surface area contributed by atoms with Gasteiger partial charge in [0.25, 0.3) is 0 Å². The Morgan fingerprint density at radius 3 is 2.63 bits per heavy atom. The van der Waals surface area contributed by atoms with Crippen LogP contribution in [0.15, 0.2) is 4.52 Å². The Balaban J connectivity index is 1.64. The molecule has 0 spiro atoms. The average molecular weight is 263 g/mol. The first-order chi connectivity index (χ1) is 9.14. The lowest BCUT2D eigenvalue weighted by molar-refractivity contribution is 0.218. The van der Waals surface area contributed by atoms with Crippen LogP contribution >= 0.6 is 0 Å². The number of rotatable bonds is 2. The number of nitrogens with one attached hydrogen (secondary N) is 1. The molecule has 0 aromatic carbocycles. The summed E-state index contributed by atoms with van der Waals surface area (Å²) < 4.78 is 5.49. The maximum atomic E-state index is 5.49. The Kier molecular flexibility index (Phi) is 3.61. The average Bonchev–Trinajstić information content (AvgIpc) is 2.89. The van der Waals surface area contributed by atoms with Crippen LogP contribution in [-0.4, -0.2) is 16.7 Å². The van der Waals surface area contributed by atoms with Crippen molar-refractivity contribution in [1.29, 1.82) is 0 Å². The van der Waals surface area contributed by atoms with E-state index in [9.17, 15) is 0 Å². The van der Waals surface area contributed by atoms with Gasteiger partial charge in [0.05, 0.1) is 6.04 Å². The van der Waals surface area contributed by atoms with Crippen LogP contribution in [0.3, 0.4) is 0 Å². The van der Waals surface area contributed by atoms with Gasteiger partial charge < -0.3 is 9.84 Å². The molecule has 1 unspecified atom stereocenters. The fourth-order valence-corrected chi connectivity index (χ4v) is 3.27. The van der Waals surface area contributed by atoms with E-state index in [0.717, 1.165) is 24.7 Å². The van der Waals surface area contributed by atoms with Gasteiger partial charge in [-0.3, -0.25) is 0 Å². The van der Waals surface area contributed by atoms with Gasteiger partial charge in [0.2, 0.25) is 5.89 Å². The lowest BCUT2D eigenvalue weighted by Gasteiger charge is -2.32. The highest BCUT2D eigenvalue weighted by Crippen LogP contribution is 2.41. The second-order valence-corrected chi connectivity index (χ2v) is 6.93. The van der Waals surface area contributed by atoms with Gasteiger partial charge in [-0.15, -0.1) is 0 Å². The Morgan fingerprint density at radius 2 is 1.95 bits per heavy atom. The molecule has 0 amide bonds. The fraction of sp³-hybridized carbons (Fsp3) is 0.867. The molecule has 106 valence electrons. The van der Waals surface area contributed by atoms with Gasteiger partial charge in [0, 0.05) is 5.92 Å². The molecule has 1 aliphatic carbocycles. The Morgan fingerprint density at radius 1 is 1.16 bits per heavy atom. The zero-order valence-electron chi connectivity index (χ0n) is 12.1. The summed E-state index contributed by atoms with van der Waals surface area (Å²) in [5, 5.41) is 7.71. The van der Waals surface area contributed by atoms with Crippen molar-refractivity contribution in [2.75, 3.05) is 6.54 Å². The molecule has 1 saturated carbocycles. The zero-order chi connectivity index (χ0) is 13.3. The second-order valence-electron chi connectivity index (χ2n) is 6.93. The molecule has 0 bridgehead atoms. The van der Waals surface area contributed by atoms with E-state index >= 15 is 0 Å². The summed E-state index contributed by atoms with van der Waals surface area (Å²) in [5.74, 6) is 2.26. The molecule has 1 atom stereocenters. The van der Waals surface area contributed by atoms with Crippen molar-refractivity contribution in [2.24, 2.45) is 5.41 Å². The van der Waals surface area contributed by atoms with Gasteiger partial charge >= 0.3 is 0 Å². The van der Waals surface area contributed by atoms with E-state index in [1.54, 1.807) is 0 Å². The molecule has 4 nitrogen and oxygen atoms in total. The molecule has 2 fully saturated rings. The highest BCUT2D eigenvalue weighted by atomic mass is 16.5. The summed E-state index contributed by atoms with van der Waals surface area (Å²) in [4.78, 5) is 4.67. The first-order valence-corrected chi connectivity index (χ1v) is 7.71. The maximum absolute atomic E-state index is 5.49. The number of nitrogens with zero attached hydrogens (tertiary/aromatic N) is 2. The molecular weight excluding hydrogens is 238 g/mol. The van der Waals surface area contributed by atoms with Crippen LogP contribution in [-0.2, 0) is 0 Å². The molecule has 3 rings (SSSR count).